The predicted octanol–water partition coefficient (Wildman–Crippen LogP) is 10.6. The van der Waals surface area contributed by atoms with Gasteiger partial charge < -0.3 is 0 Å². The maximum absolute atomic E-state index is 3.65. The lowest BCUT2D eigenvalue weighted by molar-refractivity contribution is -0.726. The van der Waals surface area contributed by atoms with Gasteiger partial charge in [-0.15, -0.1) is 0 Å². The molecule has 1 aromatic rings. The van der Waals surface area contributed by atoms with Crippen LogP contribution in [0.4, 0.5) is 0 Å². The van der Waals surface area contributed by atoms with Crippen LogP contribution in [0.2, 0.25) is 0 Å². The zero-order valence-corrected chi connectivity index (χ0v) is 23.3. The van der Waals surface area contributed by atoms with E-state index in [0.29, 0.717) is 12.0 Å². The first-order chi connectivity index (χ1) is 16.2. The van der Waals surface area contributed by atoms with Crippen LogP contribution in [0.15, 0.2) is 12.4 Å². The van der Waals surface area contributed by atoms with Crippen LogP contribution in [0.5, 0.6) is 0 Å². The highest BCUT2D eigenvalue weighted by atomic mass is 15.1. The standard InChI is InChI=1S/C31H60N2/c1-5-8-10-12-14-15-16-17-18-20-22-24-26-30(25-23-21-19-13-11-9-6-2)31-32-27-28-33(31)29(4)7-3/h27-30H,5-26H2,1-4H3/p+1. The summed E-state index contributed by atoms with van der Waals surface area (Å²) < 4.78 is 2.53. The van der Waals surface area contributed by atoms with Crippen molar-refractivity contribution in [2.75, 3.05) is 0 Å². The highest BCUT2D eigenvalue weighted by Crippen LogP contribution is 2.27. The number of nitrogens with one attached hydrogen (secondary N) is 1. The van der Waals surface area contributed by atoms with Crippen molar-refractivity contribution in [1.29, 1.82) is 0 Å². The fourth-order valence-corrected chi connectivity index (χ4v) is 5.26. The van der Waals surface area contributed by atoms with Crippen molar-refractivity contribution in [1.82, 2.24) is 4.98 Å². The van der Waals surface area contributed by atoms with E-state index < -0.39 is 0 Å². The van der Waals surface area contributed by atoms with Crippen molar-refractivity contribution in [3.05, 3.63) is 18.2 Å². The summed E-state index contributed by atoms with van der Waals surface area (Å²) in [7, 11) is 0. The molecule has 0 bridgehead atoms. The Hall–Kier alpha value is -0.790. The Morgan fingerprint density at radius 3 is 1.39 bits per heavy atom. The highest BCUT2D eigenvalue weighted by Gasteiger charge is 2.24. The van der Waals surface area contributed by atoms with Crippen LogP contribution >= 0.6 is 0 Å². The van der Waals surface area contributed by atoms with Gasteiger partial charge in [0.25, 0.3) is 5.82 Å². The van der Waals surface area contributed by atoms with Crippen LogP contribution in [0.1, 0.15) is 187 Å². The van der Waals surface area contributed by atoms with Gasteiger partial charge in [0.2, 0.25) is 0 Å². The Morgan fingerprint density at radius 2 is 1.00 bits per heavy atom. The Labute approximate surface area is 208 Å². The van der Waals surface area contributed by atoms with Crippen molar-refractivity contribution in [3.8, 4) is 0 Å². The normalized spacial score (nSPS) is 13.5. The van der Waals surface area contributed by atoms with E-state index in [1.54, 1.807) is 0 Å². The Morgan fingerprint density at radius 1 is 0.606 bits per heavy atom. The molecule has 1 N–H and O–H groups in total. The molecule has 1 heterocycles. The molecular weight excluding hydrogens is 400 g/mol. The van der Waals surface area contributed by atoms with Crippen LogP contribution in [-0.2, 0) is 0 Å². The highest BCUT2D eigenvalue weighted by molar-refractivity contribution is 4.90. The van der Waals surface area contributed by atoms with Gasteiger partial charge in [0.15, 0.2) is 0 Å². The second-order valence-corrected chi connectivity index (χ2v) is 10.8. The van der Waals surface area contributed by atoms with Gasteiger partial charge in [-0.3, -0.25) is 0 Å². The molecule has 0 aliphatic rings. The number of aromatic amines is 1. The lowest BCUT2D eigenvalue weighted by atomic mass is 9.93. The van der Waals surface area contributed by atoms with Crippen molar-refractivity contribution in [3.63, 3.8) is 0 Å². The quantitative estimate of drug-likeness (QED) is 0.117. The second kappa shape index (κ2) is 21.7. The molecule has 33 heavy (non-hydrogen) atoms. The van der Waals surface area contributed by atoms with E-state index >= 15 is 0 Å². The first kappa shape index (κ1) is 30.2. The summed E-state index contributed by atoms with van der Waals surface area (Å²) in [6.45, 7) is 9.29. The van der Waals surface area contributed by atoms with Gasteiger partial charge in [-0.05, 0) is 26.2 Å². The van der Waals surface area contributed by atoms with Crippen molar-refractivity contribution in [2.45, 2.75) is 181 Å². The number of H-pyrrole nitrogens is 1. The maximum atomic E-state index is 3.65. The molecule has 0 saturated heterocycles. The average Bonchev–Trinajstić information content (AvgIpc) is 3.32. The van der Waals surface area contributed by atoms with Gasteiger partial charge in [0, 0.05) is 0 Å². The molecule has 0 aromatic carbocycles. The minimum absolute atomic E-state index is 0.602. The molecule has 2 unspecified atom stereocenters. The van der Waals surface area contributed by atoms with E-state index in [2.05, 4.69) is 49.6 Å². The summed E-state index contributed by atoms with van der Waals surface area (Å²) in [5.41, 5.74) is 0. The third-order valence-electron chi connectivity index (χ3n) is 7.76. The molecule has 0 radical (unpaired) electrons. The minimum atomic E-state index is 0.602. The summed E-state index contributed by atoms with van der Waals surface area (Å²) in [4.78, 5) is 3.65. The van der Waals surface area contributed by atoms with Crippen LogP contribution in [-0.4, -0.2) is 4.98 Å². The summed E-state index contributed by atoms with van der Waals surface area (Å²) in [6, 6.07) is 0.602. The summed E-state index contributed by atoms with van der Waals surface area (Å²) in [6.07, 6.45) is 35.5. The van der Waals surface area contributed by atoms with E-state index in [0.717, 1.165) is 0 Å². The van der Waals surface area contributed by atoms with Crippen LogP contribution in [0.3, 0.4) is 0 Å². The zero-order valence-electron chi connectivity index (χ0n) is 23.3. The molecule has 0 saturated carbocycles. The SMILES string of the molecule is CCCCCCCCCCCCCCC(CCCCCCCCC)c1[nH]cc[n+]1C(C)CC. The maximum Gasteiger partial charge on any atom is 0.257 e. The van der Waals surface area contributed by atoms with Crippen molar-refractivity contribution in [2.24, 2.45) is 0 Å². The van der Waals surface area contributed by atoms with E-state index in [9.17, 15) is 0 Å². The van der Waals surface area contributed by atoms with Crippen molar-refractivity contribution < 1.29 is 4.57 Å². The fourth-order valence-electron chi connectivity index (χ4n) is 5.26. The number of rotatable bonds is 24. The number of hydrogen-bond acceptors (Lipinski definition) is 0. The third-order valence-corrected chi connectivity index (χ3v) is 7.76. The smallest absolute Gasteiger partial charge is 0.247 e. The Balaban J connectivity index is 2.29. The molecule has 0 aliphatic heterocycles. The van der Waals surface area contributed by atoms with Gasteiger partial charge in [-0.25, -0.2) is 9.55 Å². The lowest BCUT2D eigenvalue weighted by Gasteiger charge is -2.16. The predicted molar refractivity (Wildman–Crippen MR) is 147 cm³/mol. The number of nitrogens with zero attached hydrogens (tertiary/aromatic N) is 1. The van der Waals surface area contributed by atoms with Gasteiger partial charge >= 0.3 is 0 Å². The number of unbranched alkanes of at least 4 members (excludes halogenated alkanes) is 17. The van der Waals surface area contributed by atoms with Gasteiger partial charge in [-0.1, -0.05) is 143 Å². The largest absolute Gasteiger partial charge is 0.257 e. The molecule has 0 spiro atoms. The monoisotopic (exact) mass is 461 g/mol. The summed E-state index contributed by atoms with van der Waals surface area (Å²) in [5.74, 6) is 2.21. The van der Waals surface area contributed by atoms with E-state index in [-0.39, 0.29) is 0 Å². The van der Waals surface area contributed by atoms with Crippen molar-refractivity contribution >= 4 is 0 Å². The fraction of sp³-hybridized carbons (Fsp3) is 0.903. The molecule has 0 aliphatic carbocycles. The van der Waals surface area contributed by atoms with Gasteiger partial charge in [0.1, 0.15) is 12.4 Å². The number of imidazole rings is 1. The molecule has 1 aromatic heterocycles. The molecule has 0 amide bonds. The molecular formula is C31H61N2+. The van der Waals surface area contributed by atoms with Gasteiger partial charge in [0.05, 0.1) is 12.0 Å². The Kier molecular flexibility index (Phi) is 19.9. The zero-order chi connectivity index (χ0) is 24.0. The molecule has 2 atom stereocenters. The molecule has 2 nitrogen and oxygen atoms in total. The molecule has 0 fully saturated rings. The summed E-state index contributed by atoms with van der Waals surface area (Å²) >= 11 is 0. The minimum Gasteiger partial charge on any atom is -0.247 e. The molecule has 194 valence electrons. The Bertz CT molecular complexity index is 521. The third kappa shape index (κ3) is 14.9. The first-order valence-electron chi connectivity index (χ1n) is 15.3. The van der Waals surface area contributed by atoms with E-state index in [1.807, 2.05) is 0 Å². The van der Waals surface area contributed by atoms with Crippen LogP contribution < -0.4 is 4.57 Å². The topological polar surface area (TPSA) is 19.7 Å². The summed E-state index contributed by atoms with van der Waals surface area (Å²) in [5, 5.41) is 0. The molecule has 2 heteroatoms. The van der Waals surface area contributed by atoms with Crippen LogP contribution in [0, 0.1) is 0 Å². The molecule has 1 rings (SSSR count). The van der Waals surface area contributed by atoms with Crippen LogP contribution in [0.25, 0.3) is 0 Å². The first-order valence-corrected chi connectivity index (χ1v) is 15.3. The lowest BCUT2D eigenvalue weighted by Crippen LogP contribution is -2.40. The number of aromatic nitrogens is 2. The second-order valence-electron chi connectivity index (χ2n) is 10.8. The van der Waals surface area contributed by atoms with E-state index in [1.165, 1.54) is 147 Å². The average molecular weight is 462 g/mol. The van der Waals surface area contributed by atoms with Gasteiger partial charge in [-0.2, -0.15) is 0 Å². The van der Waals surface area contributed by atoms with E-state index in [4.69, 9.17) is 0 Å². The number of hydrogen-bond donors (Lipinski definition) is 1.